The molecule has 7 N–H and O–H groups in total. The number of esters is 2. The molecule has 0 spiro atoms. The Morgan fingerprint density at radius 1 is 0.425 bits per heavy atom. The van der Waals surface area contributed by atoms with Crippen molar-refractivity contribution in [3.05, 3.63) is 12.2 Å². The van der Waals surface area contributed by atoms with Crippen molar-refractivity contribution < 1.29 is 73.8 Å². The summed E-state index contributed by atoms with van der Waals surface area (Å²) in [6.45, 7) is 2.62. The molecular weight excluding hydrogens is 937 g/mol. The number of aliphatic hydroxyl groups is 7. The van der Waals surface area contributed by atoms with Crippen molar-refractivity contribution in [2.75, 3.05) is 26.4 Å². The van der Waals surface area contributed by atoms with E-state index in [0.717, 1.165) is 32.1 Å². The molecule has 2 fully saturated rings. The number of carbonyl (C=O) groups excluding carboxylic acids is 2. The quantitative estimate of drug-likeness (QED) is 0.0171. The summed E-state index contributed by atoms with van der Waals surface area (Å²) >= 11 is 0. The van der Waals surface area contributed by atoms with Gasteiger partial charge in [0.2, 0.25) is 0 Å². The van der Waals surface area contributed by atoms with E-state index in [1.807, 2.05) is 0 Å². The second-order valence-electron chi connectivity index (χ2n) is 21.2. The number of allylic oxidation sites excluding steroid dienone is 2. The highest BCUT2D eigenvalue weighted by Crippen LogP contribution is 2.27. The van der Waals surface area contributed by atoms with E-state index < -0.39 is 92.7 Å². The molecule has 0 radical (unpaired) electrons. The van der Waals surface area contributed by atoms with Crippen LogP contribution in [0.25, 0.3) is 0 Å². The van der Waals surface area contributed by atoms with E-state index in [1.165, 1.54) is 173 Å². The first-order valence-electron chi connectivity index (χ1n) is 29.8. The number of ether oxygens (including phenoxy) is 6. The zero-order valence-corrected chi connectivity index (χ0v) is 45.9. The zero-order valence-electron chi connectivity index (χ0n) is 45.9. The van der Waals surface area contributed by atoms with Gasteiger partial charge in [-0.1, -0.05) is 219 Å². The first-order chi connectivity index (χ1) is 35.5. The van der Waals surface area contributed by atoms with E-state index in [2.05, 4.69) is 26.0 Å². The Morgan fingerprint density at radius 2 is 0.795 bits per heavy atom. The van der Waals surface area contributed by atoms with Gasteiger partial charge in [-0.3, -0.25) is 9.59 Å². The molecule has 2 heterocycles. The van der Waals surface area contributed by atoms with Crippen molar-refractivity contribution in [3.63, 3.8) is 0 Å². The Hall–Kier alpha value is -1.76. The predicted octanol–water partition coefficient (Wildman–Crippen LogP) is 10.1. The molecule has 2 rings (SSSR count). The van der Waals surface area contributed by atoms with Gasteiger partial charge in [-0.2, -0.15) is 0 Å². The molecule has 15 heteroatoms. The van der Waals surface area contributed by atoms with Crippen molar-refractivity contribution in [3.8, 4) is 0 Å². The van der Waals surface area contributed by atoms with Gasteiger partial charge in [0, 0.05) is 12.8 Å². The molecule has 0 bridgehead atoms. The maximum atomic E-state index is 13.1. The third-order valence-electron chi connectivity index (χ3n) is 14.5. The Morgan fingerprint density at radius 3 is 1.25 bits per heavy atom. The normalized spacial score (nSPS) is 24.8. The number of hydrogen-bond acceptors (Lipinski definition) is 15. The monoisotopic (exact) mass is 1040 g/mol. The molecule has 0 aromatic rings. The van der Waals surface area contributed by atoms with Gasteiger partial charge in [0.25, 0.3) is 0 Å². The summed E-state index contributed by atoms with van der Waals surface area (Å²) in [6.07, 6.45) is 31.1. The van der Waals surface area contributed by atoms with Crippen LogP contribution in [0.2, 0.25) is 0 Å². The van der Waals surface area contributed by atoms with Crippen LogP contribution in [0.5, 0.6) is 0 Å². The molecule has 0 amide bonds. The average molecular weight is 1050 g/mol. The van der Waals surface area contributed by atoms with E-state index in [1.54, 1.807) is 0 Å². The van der Waals surface area contributed by atoms with Crippen molar-refractivity contribution >= 4 is 11.9 Å². The number of aliphatic hydroxyl groups excluding tert-OH is 7. The first-order valence-corrected chi connectivity index (χ1v) is 29.8. The SMILES string of the molecule is CCCCCCCCCCCCCCCCCCCC/C=C/CCCC(=O)O[C@H](COC(=O)CCCCCCCCCCCCCCCC)CO[C@H]1O[C@@H](CO[C@H]2O[C@@H](CO)[C@@H](O)C(O)C2O)[C@@H](O)C(O)C1O. The topological polar surface area (TPSA) is 231 Å². The summed E-state index contributed by atoms with van der Waals surface area (Å²) in [5.41, 5.74) is 0. The van der Waals surface area contributed by atoms with Crippen LogP contribution < -0.4 is 0 Å². The van der Waals surface area contributed by atoms with E-state index >= 15 is 0 Å². The Balaban J connectivity index is 1.73. The molecule has 15 nitrogen and oxygen atoms in total. The molecule has 73 heavy (non-hydrogen) atoms. The number of hydrogen-bond donors (Lipinski definition) is 7. The molecular formula is C58H108O15. The van der Waals surface area contributed by atoms with Gasteiger partial charge in [-0.15, -0.1) is 0 Å². The highest BCUT2D eigenvalue weighted by atomic mass is 16.7. The van der Waals surface area contributed by atoms with Crippen LogP contribution in [0.3, 0.4) is 0 Å². The second kappa shape index (κ2) is 45.3. The van der Waals surface area contributed by atoms with E-state index in [9.17, 15) is 45.3 Å². The highest BCUT2D eigenvalue weighted by molar-refractivity contribution is 5.70. The summed E-state index contributed by atoms with van der Waals surface area (Å²) in [4.78, 5) is 25.9. The average Bonchev–Trinajstić information content (AvgIpc) is 3.38. The molecule has 2 saturated heterocycles. The van der Waals surface area contributed by atoms with Gasteiger partial charge in [-0.05, 0) is 32.1 Å². The highest BCUT2D eigenvalue weighted by Gasteiger charge is 2.47. The minimum absolute atomic E-state index is 0.123. The zero-order chi connectivity index (χ0) is 53.2. The summed E-state index contributed by atoms with van der Waals surface area (Å²) in [5, 5.41) is 72.3. The van der Waals surface area contributed by atoms with Gasteiger partial charge in [-0.25, -0.2) is 0 Å². The van der Waals surface area contributed by atoms with Crippen LogP contribution >= 0.6 is 0 Å². The molecule has 0 aromatic heterocycles. The standard InChI is InChI=1S/C58H108O15/c1-3-5-7-9-11-13-15-17-19-20-21-22-23-24-25-26-27-29-31-33-35-37-39-41-50(61)71-46(43-68-49(60)40-38-36-34-32-30-28-18-16-14-12-10-8-6-4-2)44-69-57-56(67)54(65)52(63)48(73-57)45-70-58-55(66)53(64)51(62)47(42-59)72-58/h33,35,46-48,51-59,62-67H,3-32,34,36-45H2,1-2H3/b35-33+/t46-,47+,48+,51-,52-,53?,54?,55?,56?,57+,58+/m1/s1. The minimum Gasteiger partial charge on any atom is -0.462 e. The Bertz CT molecular complexity index is 1320. The van der Waals surface area contributed by atoms with E-state index in [4.69, 9.17) is 28.4 Å². The van der Waals surface area contributed by atoms with Gasteiger partial charge in [0.1, 0.15) is 55.4 Å². The van der Waals surface area contributed by atoms with Crippen LogP contribution in [0.1, 0.15) is 251 Å². The Labute approximate surface area is 441 Å². The van der Waals surface area contributed by atoms with Crippen LogP contribution in [-0.2, 0) is 38.0 Å². The molecule has 2 aliphatic heterocycles. The van der Waals surface area contributed by atoms with Crippen molar-refractivity contribution in [2.24, 2.45) is 0 Å². The van der Waals surface area contributed by atoms with Crippen LogP contribution in [0.15, 0.2) is 12.2 Å². The predicted molar refractivity (Wildman–Crippen MR) is 285 cm³/mol. The largest absolute Gasteiger partial charge is 0.462 e. The number of unbranched alkanes of at least 4 members (excludes halogenated alkanes) is 32. The second-order valence-corrected chi connectivity index (χ2v) is 21.2. The lowest BCUT2D eigenvalue weighted by atomic mass is 9.98. The summed E-state index contributed by atoms with van der Waals surface area (Å²) in [7, 11) is 0. The van der Waals surface area contributed by atoms with Gasteiger partial charge in [0.15, 0.2) is 18.7 Å². The lowest BCUT2D eigenvalue weighted by Gasteiger charge is -2.42. The molecule has 4 unspecified atom stereocenters. The maximum absolute atomic E-state index is 13.1. The maximum Gasteiger partial charge on any atom is 0.306 e. The van der Waals surface area contributed by atoms with Crippen molar-refractivity contribution in [1.29, 1.82) is 0 Å². The van der Waals surface area contributed by atoms with Crippen LogP contribution in [-0.4, -0.2) is 142 Å². The van der Waals surface area contributed by atoms with E-state index in [0.29, 0.717) is 19.3 Å². The van der Waals surface area contributed by atoms with Crippen LogP contribution in [0.4, 0.5) is 0 Å². The molecule has 0 aliphatic carbocycles. The molecule has 11 atom stereocenters. The molecule has 0 saturated carbocycles. The summed E-state index contributed by atoms with van der Waals surface area (Å²) < 4.78 is 33.7. The van der Waals surface area contributed by atoms with E-state index in [-0.39, 0.29) is 26.1 Å². The minimum atomic E-state index is -1.77. The third kappa shape index (κ3) is 32.6. The fourth-order valence-corrected chi connectivity index (χ4v) is 9.64. The molecule has 2 aliphatic rings. The van der Waals surface area contributed by atoms with Gasteiger partial charge >= 0.3 is 11.9 Å². The molecule has 0 aromatic carbocycles. The first kappa shape index (κ1) is 67.3. The van der Waals surface area contributed by atoms with Crippen molar-refractivity contribution in [1.82, 2.24) is 0 Å². The Kier molecular flexibility index (Phi) is 41.8. The third-order valence-corrected chi connectivity index (χ3v) is 14.5. The van der Waals surface area contributed by atoms with Gasteiger partial charge in [0.05, 0.1) is 19.8 Å². The van der Waals surface area contributed by atoms with Crippen LogP contribution in [0, 0.1) is 0 Å². The number of carbonyl (C=O) groups is 2. The lowest BCUT2D eigenvalue weighted by Crippen LogP contribution is -2.61. The fourth-order valence-electron chi connectivity index (χ4n) is 9.64. The molecule has 430 valence electrons. The lowest BCUT2D eigenvalue weighted by molar-refractivity contribution is -0.332. The van der Waals surface area contributed by atoms with Gasteiger partial charge < -0.3 is 64.2 Å². The number of rotatable bonds is 48. The summed E-state index contributed by atoms with van der Waals surface area (Å²) in [5.74, 6) is -0.947. The van der Waals surface area contributed by atoms with Crippen molar-refractivity contribution in [2.45, 2.75) is 319 Å². The smallest absolute Gasteiger partial charge is 0.306 e. The summed E-state index contributed by atoms with van der Waals surface area (Å²) in [6, 6.07) is 0. The fraction of sp³-hybridized carbons (Fsp3) is 0.931.